The maximum Gasteiger partial charge on any atom is 0.241 e. The topological polar surface area (TPSA) is 84.3 Å². The number of carbonyl (C=O) groups is 1. The molecule has 1 N–H and O–H groups in total. The molecular weight excluding hydrogens is 598 g/mol. The zero-order valence-electron chi connectivity index (χ0n) is 22.8. The summed E-state index contributed by atoms with van der Waals surface area (Å²) in [7, 11) is -2.10. The Morgan fingerprint density at radius 1 is 1.12 bits per heavy atom. The molecule has 1 aromatic heterocycles. The molecule has 1 heterocycles. The molecule has 0 radical (unpaired) electrons. The van der Waals surface area contributed by atoms with Crippen molar-refractivity contribution in [1.82, 2.24) is 14.3 Å². The van der Waals surface area contributed by atoms with Gasteiger partial charge < -0.3 is 9.47 Å². The predicted octanol–water partition coefficient (Wildman–Crippen LogP) is 6.56. The highest BCUT2D eigenvalue weighted by Crippen LogP contribution is 2.49. The number of hydrogen-bond donors (Lipinski definition) is 1. The van der Waals surface area contributed by atoms with Crippen molar-refractivity contribution in [1.29, 1.82) is 0 Å². The lowest BCUT2D eigenvalue weighted by Gasteiger charge is -2.29. The largest absolute Gasteiger partial charge is 0.337 e. The fourth-order valence-corrected chi connectivity index (χ4v) is 7.36. The van der Waals surface area contributed by atoms with E-state index in [0.29, 0.717) is 17.1 Å². The number of aromatic nitrogens is 2. The summed E-state index contributed by atoms with van der Waals surface area (Å²) >= 11 is 11.9. The Labute approximate surface area is 254 Å². The minimum absolute atomic E-state index is 0.00760. The molecule has 0 spiro atoms. The van der Waals surface area contributed by atoms with E-state index in [-0.39, 0.29) is 34.2 Å². The molecule has 4 aromatic rings. The van der Waals surface area contributed by atoms with E-state index in [1.807, 2.05) is 60.3 Å². The minimum atomic E-state index is -3.99. The Balaban J connectivity index is 1.31. The average molecular weight is 628 g/mol. The molecule has 218 valence electrons. The van der Waals surface area contributed by atoms with Crippen LogP contribution in [0.3, 0.4) is 0 Å². The van der Waals surface area contributed by atoms with Crippen LogP contribution in [0.4, 0.5) is 10.1 Å². The number of aryl methyl sites for hydroxylation is 2. The van der Waals surface area contributed by atoms with Gasteiger partial charge in [0.2, 0.25) is 15.9 Å². The van der Waals surface area contributed by atoms with Crippen molar-refractivity contribution in [2.75, 3.05) is 4.90 Å². The van der Waals surface area contributed by atoms with Gasteiger partial charge in [-0.15, -0.1) is 0 Å². The second-order valence-corrected chi connectivity index (χ2v) is 13.5. The Bertz CT molecular complexity index is 1760. The summed E-state index contributed by atoms with van der Waals surface area (Å²) in [6.45, 7) is 0.273. The van der Waals surface area contributed by atoms with Gasteiger partial charge in [-0.3, -0.25) is 4.79 Å². The molecule has 0 bridgehead atoms. The van der Waals surface area contributed by atoms with Crippen LogP contribution in [-0.4, -0.2) is 23.9 Å². The number of nitrogens with one attached hydrogen (secondary N) is 1. The maximum atomic E-state index is 14.0. The molecule has 0 saturated heterocycles. The fraction of sp³-hybridized carbons (Fsp3) is 0.290. The van der Waals surface area contributed by atoms with Gasteiger partial charge in [-0.05, 0) is 90.8 Å². The summed E-state index contributed by atoms with van der Waals surface area (Å²) in [6.07, 6.45) is 6.45. The number of anilines is 1. The molecule has 7 nitrogen and oxygen atoms in total. The molecule has 1 fully saturated rings. The summed E-state index contributed by atoms with van der Waals surface area (Å²) < 4.78 is 44.9. The molecule has 6 rings (SSSR count). The van der Waals surface area contributed by atoms with Gasteiger partial charge in [0.1, 0.15) is 11.6 Å². The number of amides is 1. The first-order chi connectivity index (χ1) is 20.1. The van der Waals surface area contributed by atoms with Gasteiger partial charge in [0.25, 0.3) is 0 Å². The molecule has 3 atom stereocenters. The number of imidazole rings is 1. The average Bonchev–Trinajstić information content (AvgIpc) is 3.67. The number of carbonyl (C=O) groups excluding carboxylic acids is 1. The van der Waals surface area contributed by atoms with Crippen LogP contribution in [-0.2, 0) is 34.8 Å². The molecule has 2 aliphatic carbocycles. The van der Waals surface area contributed by atoms with Crippen LogP contribution in [0.15, 0.2) is 78.0 Å². The number of sulfonamides is 1. The van der Waals surface area contributed by atoms with Gasteiger partial charge in [-0.1, -0.05) is 41.4 Å². The van der Waals surface area contributed by atoms with Crippen LogP contribution in [0.25, 0.3) is 0 Å². The lowest BCUT2D eigenvalue weighted by Crippen LogP contribution is -2.34. The summed E-state index contributed by atoms with van der Waals surface area (Å²) in [5.41, 5.74) is 3.60. The number of halogens is 3. The third-order valence-corrected chi connectivity index (χ3v) is 10.2. The summed E-state index contributed by atoms with van der Waals surface area (Å²) in [5, 5.41) is 0.394. The first-order valence-electron chi connectivity index (χ1n) is 13.7. The van der Waals surface area contributed by atoms with Crippen molar-refractivity contribution in [3.63, 3.8) is 0 Å². The van der Waals surface area contributed by atoms with Crippen molar-refractivity contribution < 1.29 is 17.6 Å². The SMILES string of the molecule is Cn1ccnc1CN(C(=O)[C@H]1C[C@@H]1c1ccc(Cl)cc1)c1ccc2c(c1)[C@H](NS(=O)(=O)c1ccc(F)c(Cl)c1)CCC2. The maximum absolute atomic E-state index is 14.0. The van der Waals surface area contributed by atoms with E-state index in [0.717, 1.165) is 53.9 Å². The van der Waals surface area contributed by atoms with Crippen molar-refractivity contribution in [2.45, 2.75) is 49.1 Å². The van der Waals surface area contributed by atoms with Crippen molar-refractivity contribution >= 4 is 44.8 Å². The number of rotatable bonds is 8. The van der Waals surface area contributed by atoms with Crippen LogP contribution >= 0.6 is 23.2 Å². The van der Waals surface area contributed by atoms with Gasteiger partial charge in [0, 0.05) is 42.1 Å². The van der Waals surface area contributed by atoms with E-state index in [4.69, 9.17) is 23.2 Å². The Hall–Kier alpha value is -3.24. The number of benzene rings is 3. The first-order valence-corrected chi connectivity index (χ1v) is 16.0. The lowest BCUT2D eigenvalue weighted by molar-refractivity contribution is -0.120. The highest BCUT2D eigenvalue weighted by atomic mass is 35.5. The van der Waals surface area contributed by atoms with Gasteiger partial charge in [0.15, 0.2) is 0 Å². The Morgan fingerprint density at radius 2 is 1.90 bits per heavy atom. The van der Waals surface area contributed by atoms with Crippen molar-refractivity contribution in [3.8, 4) is 0 Å². The normalized spacial score (nSPS) is 19.8. The fourth-order valence-electron chi connectivity index (χ4n) is 5.71. The van der Waals surface area contributed by atoms with E-state index in [1.165, 1.54) is 6.07 Å². The summed E-state index contributed by atoms with van der Waals surface area (Å²) in [5.74, 6) is -0.0324. The quantitative estimate of drug-likeness (QED) is 0.240. The van der Waals surface area contributed by atoms with Gasteiger partial charge in [-0.2, -0.15) is 0 Å². The van der Waals surface area contributed by atoms with E-state index < -0.39 is 21.9 Å². The summed E-state index contributed by atoms with van der Waals surface area (Å²) in [4.78, 5) is 20.1. The molecule has 2 aliphatic rings. The van der Waals surface area contributed by atoms with E-state index >= 15 is 0 Å². The van der Waals surface area contributed by atoms with Gasteiger partial charge in [-0.25, -0.2) is 22.5 Å². The van der Waals surface area contributed by atoms with Crippen LogP contribution < -0.4 is 9.62 Å². The molecule has 0 aliphatic heterocycles. The highest BCUT2D eigenvalue weighted by Gasteiger charge is 2.46. The van der Waals surface area contributed by atoms with Gasteiger partial charge in [0.05, 0.1) is 16.5 Å². The van der Waals surface area contributed by atoms with E-state index in [9.17, 15) is 17.6 Å². The zero-order chi connectivity index (χ0) is 29.6. The molecule has 42 heavy (non-hydrogen) atoms. The zero-order valence-corrected chi connectivity index (χ0v) is 25.1. The smallest absolute Gasteiger partial charge is 0.241 e. The predicted molar refractivity (Wildman–Crippen MR) is 161 cm³/mol. The van der Waals surface area contributed by atoms with E-state index in [2.05, 4.69) is 9.71 Å². The Kier molecular flexibility index (Phi) is 7.87. The second-order valence-electron chi connectivity index (χ2n) is 10.9. The lowest BCUT2D eigenvalue weighted by atomic mass is 9.87. The van der Waals surface area contributed by atoms with Gasteiger partial charge >= 0.3 is 0 Å². The van der Waals surface area contributed by atoms with Crippen LogP contribution in [0, 0.1) is 11.7 Å². The molecule has 3 aromatic carbocycles. The molecule has 11 heteroatoms. The minimum Gasteiger partial charge on any atom is -0.337 e. The molecule has 1 saturated carbocycles. The van der Waals surface area contributed by atoms with Crippen molar-refractivity contribution in [2.24, 2.45) is 13.0 Å². The Morgan fingerprint density at radius 3 is 2.62 bits per heavy atom. The second kappa shape index (κ2) is 11.4. The van der Waals surface area contributed by atoms with Crippen LogP contribution in [0.1, 0.15) is 53.7 Å². The van der Waals surface area contributed by atoms with Crippen LogP contribution in [0.2, 0.25) is 10.0 Å². The van der Waals surface area contributed by atoms with Crippen LogP contribution in [0.5, 0.6) is 0 Å². The third kappa shape index (κ3) is 5.83. The summed E-state index contributed by atoms with van der Waals surface area (Å²) in [6, 6.07) is 16.3. The third-order valence-electron chi connectivity index (χ3n) is 8.15. The molecule has 1 amide bonds. The standard InChI is InChI=1S/C31H29Cl2FN4O3S/c1-37-14-13-35-30(37)18-38(31(39)26-17-24(26)20-5-8-21(32)9-6-20)22-10-7-19-3-2-4-29(25(19)15-22)36-42(40,41)23-11-12-28(34)27(33)16-23/h5-16,24,26,29,36H,2-4,17-18H2,1H3/t24-,26+,29-/m1/s1. The monoisotopic (exact) mass is 626 g/mol. The molecular formula is C31H29Cl2FN4O3S. The first kappa shape index (κ1) is 28.9. The van der Waals surface area contributed by atoms with E-state index in [1.54, 1.807) is 11.1 Å². The number of fused-ring (bicyclic) bond motifs is 1. The number of nitrogens with zero attached hydrogens (tertiary/aromatic N) is 3. The number of hydrogen-bond acceptors (Lipinski definition) is 4. The van der Waals surface area contributed by atoms with Crippen molar-refractivity contribution in [3.05, 3.63) is 111 Å². The highest BCUT2D eigenvalue weighted by molar-refractivity contribution is 7.89. The molecule has 0 unspecified atom stereocenters.